The van der Waals surface area contributed by atoms with E-state index in [9.17, 15) is 29.7 Å². The minimum absolute atomic E-state index is 0.0104. The Balaban J connectivity index is 1.62. The summed E-state index contributed by atoms with van der Waals surface area (Å²) < 4.78 is 26.6. The van der Waals surface area contributed by atoms with E-state index in [1.54, 1.807) is 0 Å². The number of carbonyl (C=O) groups is 3. The van der Waals surface area contributed by atoms with Crippen molar-refractivity contribution in [2.75, 3.05) is 5.73 Å². The highest BCUT2D eigenvalue weighted by Gasteiger charge is 2.80. The van der Waals surface area contributed by atoms with Crippen LogP contribution in [-0.2, 0) is 23.9 Å². The molecule has 1 saturated carbocycles. The third-order valence-electron chi connectivity index (χ3n) is 5.17. The summed E-state index contributed by atoms with van der Waals surface area (Å²) in [5, 5.41) is 37.8. The predicted octanol–water partition coefficient (Wildman–Crippen LogP) is -1.19. The molecule has 1 unspecified atom stereocenters. The highest BCUT2D eigenvalue weighted by Crippen LogP contribution is 2.58. The summed E-state index contributed by atoms with van der Waals surface area (Å²) in [6.45, 7) is 0. The minimum atomic E-state index is -3.26. The Morgan fingerprint density at radius 1 is 1.32 bits per heavy atom. The molecule has 1 aliphatic heterocycles. The number of carboxylic acids is 3. The lowest BCUT2D eigenvalue weighted by Crippen LogP contribution is -2.53. The van der Waals surface area contributed by atoms with Crippen LogP contribution in [0.15, 0.2) is 6.33 Å². The number of ether oxygens (including phenoxy) is 2. The van der Waals surface area contributed by atoms with Gasteiger partial charge in [0.25, 0.3) is 5.60 Å². The number of imidazole rings is 1. The van der Waals surface area contributed by atoms with E-state index in [-0.39, 0.29) is 22.3 Å². The van der Waals surface area contributed by atoms with Crippen LogP contribution < -0.4 is 5.73 Å². The number of aliphatic carboxylic acids is 3. The number of alkyl halides is 1. The first-order valence-electron chi connectivity index (χ1n) is 8.47. The van der Waals surface area contributed by atoms with Crippen molar-refractivity contribution >= 4 is 46.5 Å². The molecule has 31 heavy (non-hydrogen) atoms. The van der Waals surface area contributed by atoms with E-state index in [0.29, 0.717) is 0 Å². The molecule has 14 nitrogen and oxygen atoms in total. The van der Waals surface area contributed by atoms with E-state index in [0.717, 1.165) is 10.9 Å². The van der Waals surface area contributed by atoms with E-state index >= 15 is 4.39 Å². The molecule has 16 heteroatoms. The number of fused-ring (bicyclic) bond motifs is 2. The van der Waals surface area contributed by atoms with Crippen LogP contribution in [0.4, 0.5) is 10.2 Å². The van der Waals surface area contributed by atoms with Gasteiger partial charge >= 0.3 is 17.9 Å². The van der Waals surface area contributed by atoms with E-state index in [4.69, 9.17) is 31.9 Å². The Morgan fingerprint density at radius 2 is 1.97 bits per heavy atom. The molecule has 2 aromatic rings. The fourth-order valence-electron chi connectivity index (χ4n) is 3.55. The van der Waals surface area contributed by atoms with Gasteiger partial charge in [0.05, 0.1) is 12.7 Å². The largest absolute Gasteiger partial charge is 0.481 e. The van der Waals surface area contributed by atoms with Gasteiger partial charge in [0.15, 0.2) is 29.5 Å². The molecule has 0 spiro atoms. The second-order valence-corrected chi connectivity index (χ2v) is 7.32. The molecule has 0 radical (unpaired) electrons. The molecule has 6 N–H and O–H groups in total. The van der Waals surface area contributed by atoms with Crippen LogP contribution in [0.2, 0.25) is 5.28 Å². The second-order valence-electron chi connectivity index (χ2n) is 6.98. The van der Waals surface area contributed by atoms with Crippen LogP contribution in [0.25, 0.3) is 11.2 Å². The van der Waals surface area contributed by atoms with Gasteiger partial charge in [-0.2, -0.15) is 9.97 Å². The van der Waals surface area contributed by atoms with Gasteiger partial charge < -0.3 is 35.6 Å². The number of carboxylic acid groups (broad SMARTS) is 3. The third-order valence-corrected chi connectivity index (χ3v) is 5.34. The fourth-order valence-corrected chi connectivity index (χ4v) is 3.72. The molecule has 2 aliphatic rings. The number of hydrogen-bond acceptors (Lipinski definition) is 10. The van der Waals surface area contributed by atoms with E-state index < -0.39 is 60.1 Å². The summed E-state index contributed by atoms with van der Waals surface area (Å²) in [5.74, 6) is -6.15. The molecule has 0 aromatic carbocycles. The van der Waals surface area contributed by atoms with Crippen molar-refractivity contribution in [3.63, 3.8) is 0 Å². The Kier molecular flexibility index (Phi) is 4.55. The zero-order valence-electron chi connectivity index (χ0n) is 15.0. The highest BCUT2D eigenvalue weighted by molar-refractivity contribution is 6.28. The first-order valence-corrected chi connectivity index (χ1v) is 8.85. The molecule has 3 heterocycles. The molecule has 5 atom stereocenters. The van der Waals surface area contributed by atoms with Crippen LogP contribution in [-0.4, -0.2) is 87.4 Å². The number of aliphatic hydroxyl groups is 1. The molecule has 166 valence electrons. The Bertz CT molecular complexity index is 1110. The maximum Gasteiger partial charge on any atom is 0.348 e. The van der Waals surface area contributed by atoms with Crippen LogP contribution in [0.1, 0.15) is 12.6 Å². The number of aromatic nitrogens is 4. The number of rotatable bonds is 7. The van der Waals surface area contributed by atoms with Crippen LogP contribution in [0.3, 0.4) is 0 Å². The third kappa shape index (κ3) is 2.88. The molecular weight excluding hydrogens is 449 g/mol. The van der Waals surface area contributed by atoms with Gasteiger partial charge in [0, 0.05) is 0 Å². The number of nitrogen functional groups attached to an aromatic ring is 1. The summed E-state index contributed by atoms with van der Waals surface area (Å²) in [6.07, 6.45) is -7.40. The van der Waals surface area contributed by atoms with Crippen molar-refractivity contribution in [1.82, 2.24) is 19.5 Å². The number of anilines is 1. The van der Waals surface area contributed by atoms with Gasteiger partial charge in [-0.15, -0.1) is 0 Å². The summed E-state index contributed by atoms with van der Waals surface area (Å²) in [4.78, 5) is 45.5. The maximum absolute atomic E-state index is 15.2. The molecule has 2 aromatic heterocycles. The quantitative estimate of drug-likeness (QED) is 0.242. The van der Waals surface area contributed by atoms with Gasteiger partial charge in [-0.05, 0) is 11.6 Å². The zero-order valence-corrected chi connectivity index (χ0v) is 15.8. The van der Waals surface area contributed by atoms with Crippen LogP contribution in [0, 0.1) is 0 Å². The van der Waals surface area contributed by atoms with Crippen molar-refractivity contribution in [2.24, 2.45) is 0 Å². The predicted molar refractivity (Wildman–Crippen MR) is 93.6 cm³/mol. The van der Waals surface area contributed by atoms with Crippen molar-refractivity contribution in [2.45, 2.75) is 42.2 Å². The van der Waals surface area contributed by atoms with Gasteiger partial charge in [-0.25, -0.2) is 19.0 Å². The first kappa shape index (κ1) is 21.1. The molecule has 0 amide bonds. The number of halogens is 2. The van der Waals surface area contributed by atoms with E-state index in [1.165, 1.54) is 0 Å². The first-order chi connectivity index (χ1) is 14.4. The SMILES string of the molecule is Nc1nc(Cl)nc2c1ncn2[C@@H]1O[C@@H]2C(OC(CC(=O)O)(C(=O)O)C(=O)O)[C@]2(O)[C@@H]1F. The van der Waals surface area contributed by atoms with Crippen LogP contribution in [0.5, 0.6) is 0 Å². The summed E-state index contributed by atoms with van der Waals surface area (Å²) >= 11 is 5.75. The van der Waals surface area contributed by atoms with Gasteiger partial charge in [0.1, 0.15) is 17.7 Å². The number of nitrogens with zero attached hydrogens (tertiary/aromatic N) is 4. The van der Waals surface area contributed by atoms with Gasteiger partial charge in [0.2, 0.25) is 5.28 Å². The van der Waals surface area contributed by atoms with Crippen LogP contribution >= 0.6 is 11.6 Å². The zero-order chi connectivity index (χ0) is 22.9. The topological polar surface area (TPSA) is 220 Å². The maximum atomic E-state index is 15.2. The average molecular weight is 462 g/mol. The Morgan fingerprint density at radius 3 is 2.48 bits per heavy atom. The van der Waals surface area contributed by atoms with Crippen molar-refractivity contribution in [3.8, 4) is 0 Å². The average Bonchev–Trinajstić information content (AvgIpc) is 2.93. The van der Waals surface area contributed by atoms with Crippen molar-refractivity contribution in [3.05, 3.63) is 11.6 Å². The van der Waals surface area contributed by atoms with Gasteiger partial charge in [-0.3, -0.25) is 9.36 Å². The number of hydrogen-bond donors (Lipinski definition) is 5. The standard InChI is InChI=1S/C15H13ClFN5O9/c16-13-20-8(18)4-9(21-13)22(2-19-4)10-5(17)15(29)6(30-10)7(15)31-14(11(25)26,12(27)28)1-3(23)24/h2,5-7,10,29H,1H2,(H,23,24)(H,25,26)(H,27,28)(H2,18,20,21)/t5-,6-,7?,10-,15+/m1/s1. The lowest BCUT2D eigenvalue weighted by molar-refractivity contribution is -0.198. The normalized spacial score (nSPS) is 29.6. The Labute approximate surface area is 175 Å². The van der Waals surface area contributed by atoms with E-state index in [1.807, 2.05) is 0 Å². The minimum Gasteiger partial charge on any atom is -0.481 e. The van der Waals surface area contributed by atoms with Crippen molar-refractivity contribution in [1.29, 1.82) is 0 Å². The number of nitrogens with two attached hydrogens (primary N) is 1. The molecule has 1 aliphatic carbocycles. The molecule has 0 bridgehead atoms. The lowest BCUT2D eigenvalue weighted by Gasteiger charge is -2.27. The molecular formula is C15H13ClFN5O9. The fraction of sp³-hybridized carbons (Fsp3) is 0.467. The second kappa shape index (κ2) is 6.68. The summed E-state index contributed by atoms with van der Waals surface area (Å²) in [6, 6.07) is 0. The van der Waals surface area contributed by atoms with Gasteiger partial charge in [-0.1, -0.05) is 0 Å². The van der Waals surface area contributed by atoms with E-state index in [2.05, 4.69) is 15.0 Å². The lowest BCUT2D eigenvalue weighted by atomic mass is 9.99. The Hall–Kier alpha value is -3.14. The summed E-state index contributed by atoms with van der Waals surface area (Å²) in [7, 11) is 0. The molecule has 4 rings (SSSR count). The summed E-state index contributed by atoms with van der Waals surface area (Å²) in [5.41, 5.74) is 0.0460. The molecule has 1 saturated heterocycles. The smallest absolute Gasteiger partial charge is 0.348 e. The monoisotopic (exact) mass is 461 g/mol. The molecule has 2 fully saturated rings. The highest BCUT2D eigenvalue weighted by atomic mass is 35.5. The van der Waals surface area contributed by atoms with Crippen molar-refractivity contribution < 1.29 is 48.7 Å².